The first-order valence-electron chi connectivity index (χ1n) is 7.41. The van der Waals surface area contributed by atoms with Crippen LogP contribution in [-0.2, 0) is 11.3 Å². The van der Waals surface area contributed by atoms with Crippen LogP contribution in [-0.4, -0.2) is 43.3 Å². The molecule has 9 heteroatoms. The molecule has 0 fully saturated rings. The maximum Gasteiger partial charge on any atom is 0.387 e. The third-order valence-electron chi connectivity index (χ3n) is 3.20. The van der Waals surface area contributed by atoms with Crippen molar-refractivity contribution in [2.75, 3.05) is 26.0 Å². The lowest BCUT2D eigenvalue weighted by Gasteiger charge is -2.17. The van der Waals surface area contributed by atoms with E-state index >= 15 is 0 Å². The van der Waals surface area contributed by atoms with Crippen LogP contribution in [0.2, 0.25) is 0 Å². The van der Waals surface area contributed by atoms with E-state index in [0.29, 0.717) is 17.8 Å². The Labute approximate surface area is 143 Å². The van der Waals surface area contributed by atoms with Gasteiger partial charge >= 0.3 is 6.61 Å². The number of aryl methyl sites for hydroxylation is 1. The average Bonchev–Trinajstić information content (AvgIpc) is 2.91. The first-order chi connectivity index (χ1) is 11.9. The number of likely N-dealkylation sites (N-methyl/N-ethyl adjacent to an activating group) is 1. The number of carbonyl (C=O) groups is 1. The molecule has 1 N–H and O–H groups in total. The van der Waals surface area contributed by atoms with Gasteiger partial charge in [-0.1, -0.05) is 11.2 Å². The number of halogens is 2. The molecular formula is C16H19F2N3O4. The molecule has 0 aliphatic rings. The van der Waals surface area contributed by atoms with Gasteiger partial charge in [-0.3, -0.25) is 15.0 Å². The van der Waals surface area contributed by atoms with Crippen molar-refractivity contribution in [3.8, 4) is 11.5 Å². The lowest BCUT2D eigenvalue weighted by atomic mass is 10.2. The van der Waals surface area contributed by atoms with E-state index in [9.17, 15) is 13.6 Å². The number of aromatic nitrogens is 1. The van der Waals surface area contributed by atoms with Gasteiger partial charge in [-0.25, -0.2) is 0 Å². The number of nitrogens with one attached hydrogen (secondary N) is 1. The molecule has 0 radical (unpaired) electrons. The summed E-state index contributed by atoms with van der Waals surface area (Å²) in [5.74, 6) is 0.152. The Morgan fingerprint density at radius 2 is 2.12 bits per heavy atom. The number of hydrogen-bond acceptors (Lipinski definition) is 6. The minimum absolute atomic E-state index is 0.0509. The summed E-state index contributed by atoms with van der Waals surface area (Å²) in [4.78, 5) is 13.7. The Morgan fingerprint density at radius 1 is 1.36 bits per heavy atom. The lowest BCUT2D eigenvalue weighted by molar-refractivity contribution is -0.117. The van der Waals surface area contributed by atoms with E-state index in [1.54, 1.807) is 31.0 Å². The van der Waals surface area contributed by atoms with Crippen molar-refractivity contribution in [3.05, 3.63) is 35.5 Å². The standard InChI is InChI=1S/C16H19F2N3O4/c1-10-6-15(25-20-10)19-14(22)9-21(2)8-11-4-5-12(23-3)13(7-11)24-16(17)18/h4-7,16H,8-9H2,1-3H3,(H,19,22). The van der Waals surface area contributed by atoms with Crippen LogP contribution >= 0.6 is 0 Å². The van der Waals surface area contributed by atoms with Gasteiger partial charge in [0.25, 0.3) is 0 Å². The Balaban J connectivity index is 1.95. The number of methoxy groups -OCH3 is 1. The Hall–Kier alpha value is -2.68. The summed E-state index contributed by atoms with van der Waals surface area (Å²) in [7, 11) is 3.10. The van der Waals surface area contributed by atoms with Crippen molar-refractivity contribution in [1.29, 1.82) is 0 Å². The molecule has 1 amide bonds. The summed E-state index contributed by atoms with van der Waals surface area (Å²) in [6, 6.07) is 6.32. The number of amides is 1. The summed E-state index contributed by atoms with van der Waals surface area (Å²) in [6.45, 7) is -0.768. The first-order valence-corrected chi connectivity index (χ1v) is 7.41. The van der Waals surface area contributed by atoms with Crippen molar-refractivity contribution in [2.24, 2.45) is 0 Å². The third-order valence-corrected chi connectivity index (χ3v) is 3.20. The van der Waals surface area contributed by atoms with Crippen LogP contribution < -0.4 is 14.8 Å². The van der Waals surface area contributed by atoms with Crippen LogP contribution in [0.1, 0.15) is 11.3 Å². The predicted molar refractivity (Wildman–Crippen MR) is 85.8 cm³/mol. The second-order valence-electron chi connectivity index (χ2n) is 5.42. The van der Waals surface area contributed by atoms with Gasteiger partial charge < -0.3 is 14.0 Å². The zero-order valence-corrected chi connectivity index (χ0v) is 14.1. The molecule has 0 unspecified atom stereocenters. The van der Waals surface area contributed by atoms with Gasteiger partial charge in [-0.15, -0.1) is 0 Å². The molecule has 7 nitrogen and oxygen atoms in total. The van der Waals surface area contributed by atoms with E-state index in [1.165, 1.54) is 19.2 Å². The SMILES string of the molecule is COc1ccc(CN(C)CC(=O)Nc2cc(C)no2)cc1OC(F)F. The number of carbonyl (C=O) groups excluding carboxylic acids is 1. The molecule has 0 aliphatic carbocycles. The number of ether oxygens (including phenoxy) is 2. The second-order valence-corrected chi connectivity index (χ2v) is 5.42. The van der Waals surface area contributed by atoms with Gasteiger partial charge in [0.05, 0.1) is 19.3 Å². The highest BCUT2D eigenvalue weighted by Gasteiger charge is 2.14. The molecule has 0 saturated carbocycles. The molecule has 2 aromatic rings. The quantitative estimate of drug-likeness (QED) is 0.785. The fraction of sp³-hybridized carbons (Fsp3) is 0.375. The highest BCUT2D eigenvalue weighted by atomic mass is 19.3. The summed E-state index contributed by atoms with van der Waals surface area (Å²) in [6.07, 6.45) is 0. The highest BCUT2D eigenvalue weighted by molar-refractivity contribution is 5.90. The average molecular weight is 355 g/mol. The van der Waals surface area contributed by atoms with Crippen LogP contribution in [0, 0.1) is 6.92 Å². The van der Waals surface area contributed by atoms with Crippen molar-refractivity contribution >= 4 is 11.8 Å². The maximum absolute atomic E-state index is 12.5. The first kappa shape index (κ1) is 18.7. The lowest BCUT2D eigenvalue weighted by Crippen LogP contribution is -2.29. The number of alkyl halides is 2. The number of benzene rings is 1. The third kappa shape index (κ3) is 5.71. The number of rotatable bonds is 8. The van der Waals surface area contributed by atoms with Crippen LogP contribution in [0.4, 0.5) is 14.7 Å². The van der Waals surface area contributed by atoms with Gasteiger partial charge in [0, 0.05) is 12.6 Å². The van der Waals surface area contributed by atoms with E-state index in [-0.39, 0.29) is 29.8 Å². The Kier molecular flexibility index (Phi) is 6.29. The van der Waals surface area contributed by atoms with Gasteiger partial charge in [-0.2, -0.15) is 8.78 Å². The van der Waals surface area contributed by atoms with Crippen molar-refractivity contribution in [2.45, 2.75) is 20.1 Å². The zero-order valence-electron chi connectivity index (χ0n) is 14.1. The molecule has 25 heavy (non-hydrogen) atoms. The molecule has 1 heterocycles. The summed E-state index contributed by atoms with van der Waals surface area (Å²) in [5.41, 5.74) is 1.36. The summed E-state index contributed by atoms with van der Waals surface area (Å²) < 4.78 is 39.3. The second kappa shape index (κ2) is 8.43. The fourth-order valence-corrected chi connectivity index (χ4v) is 2.22. The van der Waals surface area contributed by atoms with E-state index in [1.807, 2.05) is 0 Å². The van der Waals surface area contributed by atoms with Gasteiger partial charge in [0.1, 0.15) is 0 Å². The minimum Gasteiger partial charge on any atom is -0.493 e. The molecule has 2 rings (SSSR count). The molecule has 0 atom stereocenters. The molecule has 1 aromatic heterocycles. The molecule has 1 aromatic carbocycles. The van der Waals surface area contributed by atoms with Crippen LogP contribution in [0.5, 0.6) is 11.5 Å². The monoisotopic (exact) mass is 355 g/mol. The minimum atomic E-state index is -2.95. The number of hydrogen-bond donors (Lipinski definition) is 1. The number of nitrogens with zero attached hydrogens (tertiary/aromatic N) is 2. The zero-order chi connectivity index (χ0) is 18.4. The molecular weight excluding hydrogens is 336 g/mol. The van der Waals surface area contributed by atoms with E-state index in [0.717, 1.165) is 0 Å². The van der Waals surface area contributed by atoms with E-state index in [4.69, 9.17) is 9.26 Å². The number of anilines is 1. The smallest absolute Gasteiger partial charge is 0.387 e. The van der Waals surface area contributed by atoms with Crippen molar-refractivity contribution < 1.29 is 27.6 Å². The molecule has 0 bridgehead atoms. The normalized spacial score (nSPS) is 11.0. The van der Waals surface area contributed by atoms with Crippen LogP contribution in [0.15, 0.2) is 28.8 Å². The molecule has 136 valence electrons. The highest BCUT2D eigenvalue weighted by Crippen LogP contribution is 2.29. The van der Waals surface area contributed by atoms with Gasteiger partial charge in [-0.05, 0) is 31.7 Å². The molecule has 0 saturated heterocycles. The Bertz CT molecular complexity index is 721. The summed E-state index contributed by atoms with van der Waals surface area (Å²) >= 11 is 0. The van der Waals surface area contributed by atoms with Crippen LogP contribution in [0.25, 0.3) is 0 Å². The summed E-state index contributed by atoms with van der Waals surface area (Å²) in [5, 5.41) is 6.26. The van der Waals surface area contributed by atoms with Gasteiger partial charge in [0.2, 0.25) is 11.8 Å². The molecule has 0 aliphatic heterocycles. The van der Waals surface area contributed by atoms with Crippen molar-refractivity contribution in [1.82, 2.24) is 10.1 Å². The van der Waals surface area contributed by atoms with Crippen LogP contribution in [0.3, 0.4) is 0 Å². The van der Waals surface area contributed by atoms with Gasteiger partial charge in [0.15, 0.2) is 11.5 Å². The molecule has 0 spiro atoms. The van der Waals surface area contributed by atoms with E-state index < -0.39 is 6.61 Å². The predicted octanol–water partition coefficient (Wildman–Crippen LogP) is 2.66. The fourth-order valence-electron chi connectivity index (χ4n) is 2.22. The van der Waals surface area contributed by atoms with Crippen molar-refractivity contribution in [3.63, 3.8) is 0 Å². The largest absolute Gasteiger partial charge is 0.493 e. The van der Waals surface area contributed by atoms with E-state index in [2.05, 4.69) is 15.2 Å². The maximum atomic E-state index is 12.5. The topological polar surface area (TPSA) is 76.8 Å². The Morgan fingerprint density at radius 3 is 2.72 bits per heavy atom.